The van der Waals surface area contributed by atoms with Crippen LogP contribution < -0.4 is 25.1 Å². The van der Waals surface area contributed by atoms with Crippen molar-refractivity contribution in [2.24, 2.45) is 0 Å². The summed E-state index contributed by atoms with van der Waals surface area (Å²) in [5.41, 5.74) is -2.00. The molecule has 0 atom stereocenters. The highest BCUT2D eigenvalue weighted by molar-refractivity contribution is 6.06. The first-order chi connectivity index (χ1) is 19.8. The van der Waals surface area contributed by atoms with E-state index < -0.39 is 42.0 Å². The zero-order chi connectivity index (χ0) is 30.9. The number of phenols is 1. The zero-order valence-corrected chi connectivity index (χ0v) is 20.9. The number of alkyl halides is 7. The molecule has 0 saturated carbocycles. The third kappa shape index (κ3) is 9.76. The van der Waals surface area contributed by atoms with Crippen LogP contribution in [-0.2, 0) is 6.18 Å². The summed E-state index contributed by atoms with van der Waals surface area (Å²) in [6.45, 7) is -5.85. The highest BCUT2D eigenvalue weighted by atomic mass is 19.4. The minimum atomic E-state index is -4.72. The van der Waals surface area contributed by atoms with Crippen molar-refractivity contribution in [2.45, 2.75) is 19.4 Å². The molecule has 222 valence electrons. The molecule has 0 aliphatic heterocycles. The smallest absolute Gasteiger partial charge is 0.416 e. The molecule has 4 aromatic rings. The first-order valence-corrected chi connectivity index (χ1v) is 11.5. The van der Waals surface area contributed by atoms with E-state index >= 15 is 0 Å². The number of amides is 1. The number of ether oxygens (including phenoxy) is 3. The molecule has 1 aromatic heterocycles. The lowest BCUT2D eigenvalue weighted by atomic mass is 10.1. The summed E-state index contributed by atoms with van der Waals surface area (Å²) in [6, 6.07) is 14.6. The van der Waals surface area contributed by atoms with Crippen LogP contribution in [0.5, 0.6) is 28.7 Å². The van der Waals surface area contributed by atoms with Crippen LogP contribution in [0.4, 0.5) is 36.4 Å². The average molecular weight is 600 g/mol. The molecule has 8 nitrogen and oxygen atoms in total. The maximum absolute atomic E-state index is 13.1. The van der Waals surface area contributed by atoms with E-state index in [9.17, 15) is 40.3 Å². The highest BCUT2D eigenvalue weighted by Crippen LogP contribution is 2.35. The van der Waals surface area contributed by atoms with E-state index in [1.165, 1.54) is 60.8 Å². The van der Waals surface area contributed by atoms with Gasteiger partial charge in [-0.15, -0.1) is 0 Å². The van der Waals surface area contributed by atoms with Gasteiger partial charge >= 0.3 is 19.4 Å². The van der Waals surface area contributed by atoms with Gasteiger partial charge < -0.3 is 29.6 Å². The van der Waals surface area contributed by atoms with E-state index in [1.807, 2.05) is 0 Å². The lowest BCUT2D eigenvalue weighted by Crippen LogP contribution is -2.16. The van der Waals surface area contributed by atoms with Gasteiger partial charge in [-0.2, -0.15) is 30.7 Å². The number of hydrogen-bond acceptors (Lipinski definition) is 6. The molecular formula is C27H19F7N2O6. The van der Waals surface area contributed by atoms with Gasteiger partial charge in [-0.1, -0.05) is 0 Å². The van der Waals surface area contributed by atoms with Gasteiger partial charge in [0.2, 0.25) is 5.56 Å². The first kappa shape index (κ1) is 31.3. The summed E-state index contributed by atoms with van der Waals surface area (Å²) in [5, 5.41) is 11.1. The summed E-state index contributed by atoms with van der Waals surface area (Å²) >= 11 is 0. The van der Waals surface area contributed by atoms with Crippen molar-refractivity contribution in [3.63, 3.8) is 0 Å². The second-order valence-electron chi connectivity index (χ2n) is 7.93. The molecular weight excluding hydrogens is 581 g/mol. The number of carbonyl (C=O) groups is 1. The Morgan fingerprint density at radius 3 is 1.86 bits per heavy atom. The van der Waals surface area contributed by atoms with Crippen LogP contribution in [0, 0.1) is 0 Å². The van der Waals surface area contributed by atoms with Crippen molar-refractivity contribution in [3.8, 4) is 28.7 Å². The molecule has 15 heteroatoms. The minimum Gasteiger partial charge on any atom is -0.508 e. The molecule has 1 amide bonds. The summed E-state index contributed by atoms with van der Waals surface area (Å²) in [7, 11) is 0. The van der Waals surface area contributed by atoms with Crippen molar-refractivity contribution >= 4 is 11.6 Å². The van der Waals surface area contributed by atoms with Crippen molar-refractivity contribution in [1.29, 1.82) is 0 Å². The normalized spacial score (nSPS) is 11.0. The Morgan fingerprint density at radius 2 is 1.33 bits per heavy atom. The first-order valence-electron chi connectivity index (χ1n) is 11.5. The van der Waals surface area contributed by atoms with Crippen LogP contribution in [0.1, 0.15) is 15.9 Å². The number of anilines is 1. The predicted molar refractivity (Wildman–Crippen MR) is 134 cm³/mol. The summed E-state index contributed by atoms with van der Waals surface area (Å²) < 4.78 is 101. The van der Waals surface area contributed by atoms with Crippen molar-refractivity contribution in [2.75, 3.05) is 5.32 Å². The molecule has 0 unspecified atom stereocenters. The van der Waals surface area contributed by atoms with Crippen LogP contribution >= 0.6 is 0 Å². The maximum Gasteiger partial charge on any atom is 0.416 e. The molecule has 0 radical (unpaired) electrons. The van der Waals surface area contributed by atoms with Gasteiger partial charge in [0.15, 0.2) is 0 Å². The molecule has 0 saturated heterocycles. The van der Waals surface area contributed by atoms with Crippen molar-refractivity contribution < 1.29 is 54.8 Å². The monoisotopic (exact) mass is 600 g/mol. The third-order valence-electron chi connectivity index (χ3n) is 4.92. The van der Waals surface area contributed by atoms with E-state index in [-0.39, 0.29) is 34.4 Å². The second-order valence-corrected chi connectivity index (χ2v) is 7.93. The van der Waals surface area contributed by atoms with Gasteiger partial charge in [-0.05, 0) is 72.8 Å². The van der Waals surface area contributed by atoms with Crippen LogP contribution in [-0.4, -0.2) is 29.2 Å². The fourth-order valence-electron chi connectivity index (χ4n) is 3.14. The Balaban J connectivity index is 0.000000369. The van der Waals surface area contributed by atoms with Gasteiger partial charge in [-0.3, -0.25) is 9.59 Å². The summed E-state index contributed by atoms with van der Waals surface area (Å²) in [6.07, 6.45) is -3.46. The van der Waals surface area contributed by atoms with E-state index in [1.54, 1.807) is 0 Å². The number of nitrogens with one attached hydrogen (secondary N) is 2. The Hall–Kier alpha value is -5.21. The number of aromatic amines is 1. The number of H-pyrrole nitrogens is 1. The topological polar surface area (TPSA) is 110 Å². The van der Waals surface area contributed by atoms with Gasteiger partial charge in [0.05, 0.1) is 11.1 Å². The fourth-order valence-corrected chi connectivity index (χ4v) is 3.14. The number of hydrogen-bond donors (Lipinski definition) is 3. The lowest BCUT2D eigenvalue weighted by Gasteiger charge is -2.15. The molecule has 0 bridgehead atoms. The molecule has 3 aromatic carbocycles. The predicted octanol–water partition coefficient (Wildman–Crippen LogP) is 7.03. The van der Waals surface area contributed by atoms with E-state index in [0.717, 1.165) is 18.2 Å². The van der Waals surface area contributed by atoms with Crippen LogP contribution in [0.2, 0.25) is 0 Å². The number of aromatic hydroxyl groups is 1. The van der Waals surface area contributed by atoms with Crippen molar-refractivity contribution in [3.05, 3.63) is 107 Å². The largest absolute Gasteiger partial charge is 0.508 e. The van der Waals surface area contributed by atoms with Crippen LogP contribution in [0.25, 0.3) is 0 Å². The molecule has 0 aliphatic rings. The fraction of sp³-hybridized carbons (Fsp3) is 0.111. The molecule has 0 aliphatic carbocycles. The Bertz CT molecular complexity index is 1530. The SMILES string of the molecule is O=C(Nc1cc[nH]c(=O)c1)c1cc(C(F)(F)F)ccc1Oc1ccc(OC(F)F)cc1.Oc1ccc(OC(F)F)cc1. The minimum absolute atomic E-state index is 0.0200. The molecule has 3 N–H and O–H groups in total. The number of pyridine rings is 1. The molecule has 42 heavy (non-hydrogen) atoms. The zero-order valence-electron chi connectivity index (χ0n) is 20.9. The molecule has 0 fully saturated rings. The van der Waals surface area contributed by atoms with Gasteiger partial charge in [-0.25, -0.2) is 0 Å². The Kier molecular flexibility index (Phi) is 10.4. The summed E-state index contributed by atoms with van der Waals surface area (Å²) in [5.74, 6) is -1.21. The van der Waals surface area contributed by atoms with E-state index in [4.69, 9.17) is 9.84 Å². The molecule has 0 spiro atoms. The molecule has 1 heterocycles. The number of aromatic nitrogens is 1. The summed E-state index contributed by atoms with van der Waals surface area (Å²) in [4.78, 5) is 26.3. The van der Waals surface area contributed by atoms with Crippen LogP contribution in [0.15, 0.2) is 89.9 Å². The van der Waals surface area contributed by atoms with Gasteiger partial charge in [0, 0.05) is 18.0 Å². The maximum atomic E-state index is 13.1. The average Bonchev–Trinajstić information content (AvgIpc) is 2.90. The van der Waals surface area contributed by atoms with E-state index in [0.29, 0.717) is 6.07 Å². The number of halogens is 7. The third-order valence-corrected chi connectivity index (χ3v) is 4.92. The lowest BCUT2D eigenvalue weighted by molar-refractivity contribution is -0.137. The number of benzene rings is 3. The van der Waals surface area contributed by atoms with Gasteiger partial charge in [0.1, 0.15) is 28.7 Å². The molecule has 4 rings (SSSR count). The second kappa shape index (κ2) is 13.9. The standard InChI is InChI=1S/C20H13F5N2O4.C7H6F2O2/c21-19(22)31-14-4-2-13(3-5-14)30-16-6-1-11(20(23,24)25)9-15(16)18(29)27-12-7-8-26-17(28)10-12;8-7(9)11-6-3-1-5(10)2-4-6/h1-10,19H,(H2,26,27,28,29);1-4,7,10H. The quantitative estimate of drug-likeness (QED) is 0.187. The number of rotatable bonds is 8. The van der Waals surface area contributed by atoms with Gasteiger partial charge in [0.25, 0.3) is 5.91 Å². The number of phenolic OH excluding ortho intramolecular Hbond substituents is 1. The number of carbonyl (C=O) groups excluding carboxylic acids is 1. The van der Waals surface area contributed by atoms with Crippen molar-refractivity contribution in [1.82, 2.24) is 4.98 Å². The Morgan fingerprint density at radius 1 is 0.786 bits per heavy atom. The highest BCUT2D eigenvalue weighted by Gasteiger charge is 2.32. The van der Waals surface area contributed by atoms with Crippen LogP contribution in [0.3, 0.4) is 0 Å². The van der Waals surface area contributed by atoms with E-state index in [2.05, 4.69) is 19.8 Å². The Labute approximate surface area is 231 Å².